The van der Waals surface area contributed by atoms with E-state index in [0.29, 0.717) is 0 Å². The molecule has 2 rings (SSSR count). The first-order valence-corrected chi connectivity index (χ1v) is 7.55. The lowest BCUT2D eigenvalue weighted by molar-refractivity contribution is -0.114. The number of thioether (sulfide) groups is 1. The van der Waals surface area contributed by atoms with Crippen LogP contribution in [0.15, 0.2) is 24.3 Å². The molecule has 0 aliphatic carbocycles. The predicted octanol–water partition coefficient (Wildman–Crippen LogP) is 2.49. The zero-order chi connectivity index (χ0) is 12.8. The van der Waals surface area contributed by atoms with Crippen molar-refractivity contribution in [3.63, 3.8) is 0 Å². The highest BCUT2D eigenvalue weighted by Gasteiger charge is 2.14. The first-order chi connectivity index (χ1) is 8.75. The van der Waals surface area contributed by atoms with Crippen molar-refractivity contribution in [2.45, 2.75) is 19.9 Å². The third kappa shape index (κ3) is 4.03. The molecule has 1 atom stereocenters. The summed E-state index contributed by atoms with van der Waals surface area (Å²) in [5.74, 6) is 3.37. The summed E-state index contributed by atoms with van der Waals surface area (Å²) in [6.07, 6.45) is 1.32. The molecule has 0 aromatic heterocycles. The molecule has 1 saturated heterocycles. The molecule has 1 aromatic carbocycles. The van der Waals surface area contributed by atoms with Crippen LogP contribution < -0.4 is 10.6 Å². The maximum absolute atomic E-state index is 11.1. The number of para-hydroxylation sites is 1. The van der Waals surface area contributed by atoms with E-state index < -0.39 is 0 Å². The Hall–Kier alpha value is -1.00. The molecule has 3 nitrogen and oxygen atoms in total. The molecule has 18 heavy (non-hydrogen) atoms. The average Bonchev–Trinajstić information content (AvgIpc) is 2.84. The van der Waals surface area contributed by atoms with E-state index in [9.17, 15) is 4.79 Å². The van der Waals surface area contributed by atoms with Gasteiger partial charge < -0.3 is 10.6 Å². The Kier molecular flexibility index (Phi) is 5.08. The fourth-order valence-electron chi connectivity index (χ4n) is 2.14. The lowest BCUT2D eigenvalue weighted by atomic mass is 10.1. The van der Waals surface area contributed by atoms with Gasteiger partial charge in [-0.2, -0.15) is 11.8 Å². The second-order valence-electron chi connectivity index (χ2n) is 4.70. The van der Waals surface area contributed by atoms with Crippen molar-refractivity contribution in [2.75, 3.05) is 23.4 Å². The van der Waals surface area contributed by atoms with Crippen LogP contribution in [-0.4, -0.2) is 24.0 Å². The summed E-state index contributed by atoms with van der Waals surface area (Å²) < 4.78 is 0. The van der Waals surface area contributed by atoms with Gasteiger partial charge in [-0.25, -0.2) is 0 Å². The van der Waals surface area contributed by atoms with Gasteiger partial charge in [-0.3, -0.25) is 4.79 Å². The summed E-state index contributed by atoms with van der Waals surface area (Å²) in [5, 5.41) is 6.36. The van der Waals surface area contributed by atoms with Gasteiger partial charge in [-0.05, 0) is 42.0 Å². The minimum absolute atomic E-state index is 0.0188. The van der Waals surface area contributed by atoms with E-state index in [4.69, 9.17) is 0 Å². The number of rotatable bonds is 5. The van der Waals surface area contributed by atoms with E-state index in [-0.39, 0.29) is 5.91 Å². The van der Waals surface area contributed by atoms with Crippen LogP contribution in [0.25, 0.3) is 0 Å². The van der Waals surface area contributed by atoms with Gasteiger partial charge in [0.25, 0.3) is 0 Å². The summed E-state index contributed by atoms with van der Waals surface area (Å²) in [5.41, 5.74) is 2.07. The van der Waals surface area contributed by atoms with E-state index in [2.05, 4.69) is 16.7 Å². The normalized spacial score (nSPS) is 18.8. The molecule has 1 aliphatic rings. The Morgan fingerprint density at radius 3 is 3.00 bits per heavy atom. The van der Waals surface area contributed by atoms with Crippen LogP contribution in [0.3, 0.4) is 0 Å². The van der Waals surface area contributed by atoms with Crippen LogP contribution in [0.5, 0.6) is 0 Å². The molecule has 0 bridgehead atoms. The van der Waals surface area contributed by atoms with Gasteiger partial charge in [-0.15, -0.1) is 0 Å². The molecule has 98 valence electrons. The molecule has 0 saturated carbocycles. The zero-order valence-electron chi connectivity index (χ0n) is 10.7. The topological polar surface area (TPSA) is 41.1 Å². The quantitative estimate of drug-likeness (QED) is 0.858. The molecule has 2 N–H and O–H groups in total. The first kappa shape index (κ1) is 13.4. The van der Waals surface area contributed by atoms with Crippen LogP contribution in [0.2, 0.25) is 0 Å². The number of amides is 1. The predicted molar refractivity (Wildman–Crippen MR) is 77.9 cm³/mol. The third-order valence-corrected chi connectivity index (χ3v) is 4.33. The molecule has 1 amide bonds. The smallest absolute Gasteiger partial charge is 0.221 e. The summed E-state index contributed by atoms with van der Waals surface area (Å²) in [6.45, 7) is 3.43. The SMILES string of the molecule is CC(=O)Nc1ccccc1CNCC1CCSC1. The van der Waals surface area contributed by atoms with Crippen molar-refractivity contribution in [3.05, 3.63) is 29.8 Å². The molecule has 1 aliphatic heterocycles. The fraction of sp³-hybridized carbons (Fsp3) is 0.500. The molecule has 1 aromatic rings. The monoisotopic (exact) mass is 264 g/mol. The van der Waals surface area contributed by atoms with Crippen LogP contribution >= 0.6 is 11.8 Å². The van der Waals surface area contributed by atoms with Gasteiger partial charge in [0.1, 0.15) is 0 Å². The standard InChI is InChI=1S/C14H20N2OS/c1-11(17)16-14-5-3-2-4-13(14)9-15-8-12-6-7-18-10-12/h2-5,12,15H,6-10H2,1H3,(H,16,17). The van der Waals surface area contributed by atoms with Gasteiger partial charge in [0, 0.05) is 19.2 Å². The molecule has 1 fully saturated rings. The Balaban J connectivity index is 1.85. The van der Waals surface area contributed by atoms with Crippen LogP contribution in [0.4, 0.5) is 5.69 Å². The third-order valence-electron chi connectivity index (χ3n) is 3.10. The Labute approximate surface area is 113 Å². The highest BCUT2D eigenvalue weighted by atomic mass is 32.2. The van der Waals surface area contributed by atoms with Gasteiger partial charge in [0.2, 0.25) is 5.91 Å². The van der Waals surface area contributed by atoms with Crippen LogP contribution in [0, 0.1) is 5.92 Å². The Morgan fingerprint density at radius 2 is 2.28 bits per heavy atom. The van der Waals surface area contributed by atoms with Gasteiger partial charge in [0.05, 0.1) is 0 Å². The number of hydrogen-bond donors (Lipinski definition) is 2. The lowest BCUT2D eigenvalue weighted by Crippen LogP contribution is -2.23. The molecule has 0 spiro atoms. The summed E-state index contributed by atoms with van der Waals surface area (Å²) in [7, 11) is 0. The molecular formula is C14H20N2OS. The highest BCUT2D eigenvalue weighted by Crippen LogP contribution is 2.22. The zero-order valence-corrected chi connectivity index (χ0v) is 11.6. The lowest BCUT2D eigenvalue weighted by Gasteiger charge is -2.13. The van der Waals surface area contributed by atoms with E-state index in [1.165, 1.54) is 17.9 Å². The van der Waals surface area contributed by atoms with E-state index >= 15 is 0 Å². The Bertz CT molecular complexity index is 403. The maximum Gasteiger partial charge on any atom is 0.221 e. The Morgan fingerprint density at radius 1 is 1.44 bits per heavy atom. The number of carbonyl (C=O) groups is 1. The molecule has 4 heteroatoms. The second-order valence-corrected chi connectivity index (χ2v) is 5.85. The van der Waals surface area contributed by atoms with Crippen LogP contribution in [-0.2, 0) is 11.3 Å². The number of carbonyl (C=O) groups excluding carboxylic acids is 1. The number of benzene rings is 1. The number of anilines is 1. The van der Waals surface area contributed by atoms with Gasteiger partial charge >= 0.3 is 0 Å². The first-order valence-electron chi connectivity index (χ1n) is 6.39. The van der Waals surface area contributed by atoms with Crippen molar-refractivity contribution in [1.82, 2.24) is 5.32 Å². The van der Waals surface area contributed by atoms with Crippen molar-refractivity contribution < 1.29 is 4.79 Å². The van der Waals surface area contributed by atoms with Crippen molar-refractivity contribution >= 4 is 23.4 Å². The summed E-state index contributed by atoms with van der Waals surface area (Å²) in [6, 6.07) is 7.96. The molecular weight excluding hydrogens is 244 g/mol. The molecule has 1 unspecified atom stereocenters. The average molecular weight is 264 g/mol. The number of hydrogen-bond acceptors (Lipinski definition) is 3. The largest absolute Gasteiger partial charge is 0.326 e. The minimum Gasteiger partial charge on any atom is -0.326 e. The second kappa shape index (κ2) is 6.81. The van der Waals surface area contributed by atoms with E-state index in [1.54, 1.807) is 6.92 Å². The van der Waals surface area contributed by atoms with Crippen molar-refractivity contribution in [2.24, 2.45) is 5.92 Å². The highest BCUT2D eigenvalue weighted by molar-refractivity contribution is 7.99. The minimum atomic E-state index is -0.0188. The maximum atomic E-state index is 11.1. The fourth-order valence-corrected chi connectivity index (χ4v) is 3.43. The summed E-state index contributed by atoms with van der Waals surface area (Å²) >= 11 is 2.04. The van der Waals surface area contributed by atoms with Gasteiger partial charge in [0.15, 0.2) is 0 Å². The van der Waals surface area contributed by atoms with Crippen LogP contribution in [0.1, 0.15) is 18.9 Å². The summed E-state index contributed by atoms with van der Waals surface area (Å²) in [4.78, 5) is 11.1. The van der Waals surface area contributed by atoms with Crippen molar-refractivity contribution in [1.29, 1.82) is 0 Å². The number of nitrogens with one attached hydrogen (secondary N) is 2. The van der Waals surface area contributed by atoms with E-state index in [1.807, 2.05) is 30.0 Å². The van der Waals surface area contributed by atoms with Crippen molar-refractivity contribution in [3.8, 4) is 0 Å². The molecule has 0 radical (unpaired) electrons. The van der Waals surface area contributed by atoms with E-state index in [0.717, 1.165) is 30.3 Å². The van der Waals surface area contributed by atoms with Gasteiger partial charge in [-0.1, -0.05) is 18.2 Å². The molecule has 1 heterocycles.